The van der Waals surface area contributed by atoms with E-state index in [4.69, 9.17) is 0 Å². The molecule has 6 nitrogen and oxygen atoms in total. The first-order valence-corrected chi connectivity index (χ1v) is 9.52. The minimum atomic E-state index is -3.47. The lowest BCUT2D eigenvalue weighted by atomic mass is 10.4. The lowest BCUT2D eigenvalue weighted by Gasteiger charge is -2.06. The molecule has 2 aromatic rings. The number of nitrogens with one attached hydrogen (secondary N) is 2. The van der Waals surface area contributed by atoms with Gasteiger partial charge < -0.3 is 5.32 Å². The average Bonchev–Trinajstić information content (AvgIpc) is 3.05. The monoisotopic (exact) mass is 392 g/mol. The minimum Gasteiger partial charge on any atom is -0.315 e. The summed E-state index contributed by atoms with van der Waals surface area (Å²) in [6.07, 6.45) is 4.25. The van der Waals surface area contributed by atoms with Crippen LogP contribution < -0.4 is 10.0 Å². The highest BCUT2D eigenvalue weighted by Crippen LogP contribution is 2.31. The van der Waals surface area contributed by atoms with E-state index in [0.717, 1.165) is 4.88 Å². The average molecular weight is 393 g/mol. The molecule has 2 heterocycles. The highest BCUT2D eigenvalue weighted by atomic mass is 79.9. The lowest BCUT2D eigenvalue weighted by Crippen LogP contribution is -2.25. The van der Waals surface area contributed by atoms with E-state index >= 15 is 0 Å². The molecule has 21 heavy (non-hydrogen) atoms. The zero-order valence-electron chi connectivity index (χ0n) is 11.5. The summed E-state index contributed by atoms with van der Waals surface area (Å²) in [6.45, 7) is 1.72. The Morgan fingerprint density at radius 2 is 2.29 bits per heavy atom. The minimum absolute atomic E-state index is 0.303. The van der Waals surface area contributed by atoms with Gasteiger partial charge in [-0.2, -0.15) is 5.10 Å². The lowest BCUT2D eigenvalue weighted by molar-refractivity contribution is 0.553. The van der Waals surface area contributed by atoms with Crippen molar-refractivity contribution in [3.63, 3.8) is 0 Å². The van der Waals surface area contributed by atoms with Crippen LogP contribution in [0.15, 0.2) is 33.2 Å². The molecule has 0 radical (unpaired) electrons. The van der Waals surface area contributed by atoms with Crippen LogP contribution in [0.1, 0.15) is 11.3 Å². The fraction of sp³-hybridized carbons (Fsp3) is 0.417. The van der Waals surface area contributed by atoms with Gasteiger partial charge in [0.2, 0.25) is 10.0 Å². The highest BCUT2D eigenvalue weighted by Gasteiger charge is 2.20. The number of aromatic nitrogens is 2. The highest BCUT2D eigenvalue weighted by molar-refractivity contribution is 9.11. The standard InChI is InChI=1S/C12H17BrN4O2S2/c1-14-9-10-8-11(12(13)20-10)21(18,19)16-5-3-7-17-6-2-4-15-17/h2,4,6,8,14,16H,3,5,7,9H2,1H3. The van der Waals surface area contributed by atoms with Gasteiger partial charge in [-0.05, 0) is 41.5 Å². The van der Waals surface area contributed by atoms with Gasteiger partial charge in [-0.3, -0.25) is 4.68 Å². The van der Waals surface area contributed by atoms with E-state index < -0.39 is 10.0 Å². The summed E-state index contributed by atoms with van der Waals surface area (Å²) in [6, 6.07) is 3.54. The molecule has 2 N–H and O–H groups in total. The van der Waals surface area contributed by atoms with Crippen molar-refractivity contribution in [1.82, 2.24) is 19.8 Å². The van der Waals surface area contributed by atoms with Crippen LogP contribution in [0.4, 0.5) is 0 Å². The summed E-state index contributed by atoms with van der Waals surface area (Å²) in [4.78, 5) is 1.28. The van der Waals surface area contributed by atoms with Gasteiger partial charge in [0.05, 0.1) is 3.79 Å². The molecule has 0 aromatic carbocycles. The second-order valence-corrected chi connectivity index (χ2v) is 8.59. The third-order valence-corrected chi connectivity index (χ3v) is 6.48. The van der Waals surface area contributed by atoms with E-state index in [1.807, 2.05) is 19.3 Å². The summed E-state index contributed by atoms with van der Waals surface area (Å²) in [5.74, 6) is 0. The van der Waals surface area contributed by atoms with Gasteiger partial charge in [-0.25, -0.2) is 13.1 Å². The largest absolute Gasteiger partial charge is 0.315 e. The van der Waals surface area contributed by atoms with Crippen LogP contribution >= 0.6 is 27.3 Å². The number of nitrogens with zero attached hydrogens (tertiary/aromatic N) is 2. The normalized spacial score (nSPS) is 11.9. The summed E-state index contributed by atoms with van der Waals surface area (Å²) in [7, 11) is -1.64. The molecule has 0 spiro atoms. The maximum Gasteiger partial charge on any atom is 0.242 e. The van der Waals surface area contributed by atoms with Gasteiger partial charge in [0.25, 0.3) is 0 Å². The van der Waals surface area contributed by atoms with Gasteiger partial charge in [0, 0.05) is 36.9 Å². The maximum absolute atomic E-state index is 12.3. The molecule has 0 aliphatic heterocycles. The van der Waals surface area contributed by atoms with Crippen molar-refractivity contribution < 1.29 is 8.42 Å². The first-order valence-electron chi connectivity index (χ1n) is 6.43. The molecule has 0 unspecified atom stereocenters. The van der Waals surface area contributed by atoms with Crippen LogP contribution in [-0.2, 0) is 23.1 Å². The second-order valence-electron chi connectivity index (χ2n) is 4.40. The molecule has 2 aromatic heterocycles. The SMILES string of the molecule is CNCc1cc(S(=O)(=O)NCCCn2cccn2)c(Br)s1. The molecular weight excluding hydrogens is 376 g/mol. The van der Waals surface area contributed by atoms with Crippen molar-refractivity contribution in [2.45, 2.75) is 24.4 Å². The first-order chi connectivity index (χ1) is 10.0. The predicted molar refractivity (Wildman–Crippen MR) is 86.8 cm³/mol. The Balaban J connectivity index is 1.91. The molecule has 116 valence electrons. The molecule has 0 bridgehead atoms. The van der Waals surface area contributed by atoms with Crippen molar-refractivity contribution in [2.75, 3.05) is 13.6 Å². The van der Waals surface area contributed by atoms with Crippen LogP contribution in [0, 0.1) is 0 Å². The Labute approximate surface area is 136 Å². The summed E-state index contributed by atoms with van der Waals surface area (Å²) in [5, 5.41) is 7.08. The van der Waals surface area contributed by atoms with Crippen LogP contribution in [-0.4, -0.2) is 31.8 Å². The number of halogens is 1. The predicted octanol–water partition coefficient (Wildman–Crippen LogP) is 1.80. The Kier molecular flexibility index (Phi) is 5.94. The summed E-state index contributed by atoms with van der Waals surface area (Å²) in [5.41, 5.74) is 0. The molecule has 0 atom stereocenters. The van der Waals surface area contributed by atoms with Crippen molar-refractivity contribution in [3.8, 4) is 0 Å². The Morgan fingerprint density at radius 1 is 1.48 bits per heavy atom. The van der Waals surface area contributed by atoms with Gasteiger partial charge in [0.1, 0.15) is 4.90 Å². The summed E-state index contributed by atoms with van der Waals surface area (Å²) >= 11 is 4.74. The number of sulfonamides is 1. The van der Waals surface area contributed by atoms with Gasteiger partial charge in [-0.1, -0.05) is 0 Å². The molecule has 0 saturated carbocycles. The van der Waals surface area contributed by atoms with E-state index in [1.54, 1.807) is 16.9 Å². The number of thiophene rings is 1. The van der Waals surface area contributed by atoms with E-state index in [9.17, 15) is 8.42 Å². The Hall–Kier alpha value is -0.740. The topological polar surface area (TPSA) is 76.0 Å². The van der Waals surface area contributed by atoms with E-state index in [1.165, 1.54) is 11.3 Å². The number of aryl methyl sites for hydroxylation is 1. The summed E-state index contributed by atoms with van der Waals surface area (Å²) < 4.78 is 29.5. The zero-order chi connectivity index (χ0) is 15.3. The fourth-order valence-corrected chi connectivity index (χ4v) is 5.57. The van der Waals surface area contributed by atoms with Crippen molar-refractivity contribution in [3.05, 3.63) is 33.2 Å². The van der Waals surface area contributed by atoms with Crippen molar-refractivity contribution >= 4 is 37.3 Å². The van der Waals surface area contributed by atoms with Crippen molar-refractivity contribution in [2.24, 2.45) is 0 Å². The van der Waals surface area contributed by atoms with Crippen LogP contribution in [0.2, 0.25) is 0 Å². The zero-order valence-corrected chi connectivity index (χ0v) is 14.8. The van der Waals surface area contributed by atoms with Crippen LogP contribution in [0.5, 0.6) is 0 Å². The van der Waals surface area contributed by atoms with Gasteiger partial charge in [0.15, 0.2) is 0 Å². The maximum atomic E-state index is 12.3. The second kappa shape index (κ2) is 7.50. The molecular formula is C12H17BrN4O2S2. The van der Waals surface area contributed by atoms with E-state index in [2.05, 4.69) is 31.1 Å². The molecule has 0 saturated heterocycles. The van der Waals surface area contributed by atoms with Crippen LogP contribution in [0.3, 0.4) is 0 Å². The molecule has 0 aliphatic rings. The van der Waals surface area contributed by atoms with Gasteiger partial charge >= 0.3 is 0 Å². The molecule has 9 heteroatoms. The Morgan fingerprint density at radius 3 is 2.95 bits per heavy atom. The quantitative estimate of drug-likeness (QED) is 0.671. The third kappa shape index (κ3) is 4.62. The first kappa shape index (κ1) is 16.6. The smallest absolute Gasteiger partial charge is 0.242 e. The van der Waals surface area contributed by atoms with E-state index in [-0.39, 0.29) is 0 Å². The van der Waals surface area contributed by atoms with Gasteiger partial charge in [-0.15, -0.1) is 11.3 Å². The number of rotatable bonds is 8. The van der Waals surface area contributed by atoms with Crippen LogP contribution in [0.25, 0.3) is 0 Å². The Bertz CT molecular complexity index is 667. The fourth-order valence-electron chi connectivity index (χ4n) is 1.80. The number of hydrogen-bond donors (Lipinski definition) is 2. The molecule has 0 aliphatic carbocycles. The third-order valence-electron chi connectivity index (χ3n) is 2.76. The molecule has 0 fully saturated rings. The molecule has 0 amide bonds. The van der Waals surface area contributed by atoms with E-state index in [0.29, 0.717) is 34.7 Å². The number of hydrogen-bond acceptors (Lipinski definition) is 5. The molecule has 2 rings (SSSR count). The van der Waals surface area contributed by atoms with Crippen molar-refractivity contribution in [1.29, 1.82) is 0 Å².